The van der Waals surface area contributed by atoms with Gasteiger partial charge in [0.1, 0.15) is 5.82 Å². The zero-order valence-electron chi connectivity index (χ0n) is 12.7. The van der Waals surface area contributed by atoms with Gasteiger partial charge in [-0.2, -0.15) is 0 Å². The molecule has 0 radical (unpaired) electrons. The summed E-state index contributed by atoms with van der Waals surface area (Å²) in [5, 5.41) is 2.99. The smallest absolute Gasteiger partial charge is 0.307 e. The molecule has 1 N–H and O–H groups in total. The average Bonchev–Trinajstić information content (AvgIpc) is 2.44. The number of hydrogen-bond donors (Lipinski definition) is 1. The zero-order chi connectivity index (χ0) is 15.5. The predicted molar refractivity (Wildman–Crippen MR) is 79.2 cm³/mol. The van der Waals surface area contributed by atoms with Crippen LogP contribution >= 0.6 is 0 Å². The van der Waals surface area contributed by atoms with Gasteiger partial charge in [0, 0.05) is 25.9 Å². The molecule has 0 unspecified atom stereocenters. The number of aromatic nitrogens is 1. The molecule has 21 heavy (non-hydrogen) atoms. The molecule has 1 saturated carbocycles. The summed E-state index contributed by atoms with van der Waals surface area (Å²) in [7, 11) is 5.10. The van der Waals surface area contributed by atoms with Crippen LogP contribution in [-0.2, 0) is 9.53 Å². The number of carbonyl (C=O) groups excluding carboxylic acids is 2. The van der Waals surface area contributed by atoms with Gasteiger partial charge in [0.05, 0.1) is 19.1 Å². The van der Waals surface area contributed by atoms with Crippen molar-refractivity contribution < 1.29 is 14.3 Å². The predicted octanol–water partition coefficient (Wildman–Crippen LogP) is 1.36. The lowest BCUT2D eigenvalue weighted by molar-refractivity contribution is -0.143. The number of methoxy groups -OCH3 is 1. The Kier molecular flexibility index (Phi) is 4.45. The third kappa shape index (κ3) is 3.51. The van der Waals surface area contributed by atoms with Crippen molar-refractivity contribution in [2.45, 2.75) is 31.2 Å². The molecule has 2 rings (SSSR count). The highest BCUT2D eigenvalue weighted by atomic mass is 16.5. The van der Waals surface area contributed by atoms with E-state index in [9.17, 15) is 9.59 Å². The van der Waals surface area contributed by atoms with Crippen LogP contribution in [-0.4, -0.2) is 43.6 Å². The van der Waals surface area contributed by atoms with Gasteiger partial charge in [-0.3, -0.25) is 9.59 Å². The van der Waals surface area contributed by atoms with Gasteiger partial charge in [-0.05, 0) is 31.4 Å². The van der Waals surface area contributed by atoms with E-state index in [1.54, 1.807) is 18.3 Å². The molecule has 1 aliphatic carbocycles. The van der Waals surface area contributed by atoms with E-state index < -0.39 is 5.54 Å². The molecule has 0 aliphatic heterocycles. The number of pyridine rings is 1. The number of hydrogen-bond acceptors (Lipinski definition) is 5. The molecule has 1 amide bonds. The van der Waals surface area contributed by atoms with E-state index in [0.717, 1.165) is 25.1 Å². The van der Waals surface area contributed by atoms with Gasteiger partial charge >= 0.3 is 5.97 Å². The topological polar surface area (TPSA) is 71.5 Å². The van der Waals surface area contributed by atoms with Crippen molar-refractivity contribution in [2.75, 3.05) is 26.1 Å². The summed E-state index contributed by atoms with van der Waals surface area (Å²) in [6, 6.07) is 3.41. The summed E-state index contributed by atoms with van der Waals surface area (Å²) in [4.78, 5) is 29.9. The fraction of sp³-hybridized carbons (Fsp3) is 0.533. The van der Waals surface area contributed by atoms with E-state index in [1.807, 2.05) is 19.0 Å². The first kappa shape index (κ1) is 15.3. The highest BCUT2D eigenvalue weighted by Crippen LogP contribution is 2.35. The van der Waals surface area contributed by atoms with Crippen LogP contribution in [0.15, 0.2) is 18.3 Å². The van der Waals surface area contributed by atoms with Crippen molar-refractivity contribution in [1.82, 2.24) is 10.3 Å². The first-order chi connectivity index (χ1) is 9.96. The van der Waals surface area contributed by atoms with E-state index in [1.165, 1.54) is 7.11 Å². The van der Waals surface area contributed by atoms with E-state index >= 15 is 0 Å². The fourth-order valence-corrected chi connectivity index (χ4v) is 2.42. The molecule has 6 heteroatoms. The highest BCUT2D eigenvalue weighted by Gasteiger charge is 2.40. The molecule has 0 atom stereocenters. The SMILES string of the molecule is COC(=O)CC1(NC(=O)c2ccnc(N(C)C)c2)CCC1. The first-order valence-corrected chi connectivity index (χ1v) is 6.98. The summed E-state index contributed by atoms with van der Waals surface area (Å²) in [5.41, 5.74) is 0.0935. The quantitative estimate of drug-likeness (QED) is 0.829. The normalized spacial score (nSPS) is 15.8. The van der Waals surface area contributed by atoms with Crippen LogP contribution in [0.25, 0.3) is 0 Å². The molecule has 0 bridgehead atoms. The molecule has 1 heterocycles. The van der Waals surface area contributed by atoms with Crippen LogP contribution in [0, 0.1) is 0 Å². The Labute approximate surface area is 124 Å². The number of carbonyl (C=O) groups is 2. The van der Waals surface area contributed by atoms with E-state index in [-0.39, 0.29) is 18.3 Å². The fourth-order valence-electron chi connectivity index (χ4n) is 2.42. The minimum atomic E-state index is -0.453. The van der Waals surface area contributed by atoms with Gasteiger partial charge in [-0.15, -0.1) is 0 Å². The van der Waals surface area contributed by atoms with Crippen molar-refractivity contribution in [3.63, 3.8) is 0 Å². The summed E-state index contributed by atoms with van der Waals surface area (Å²) in [6.07, 6.45) is 4.45. The molecule has 6 nitrogen and oxygen atoms in total. The monoisotopic (exact) mass is 291 g/mol. The first-order valence-electron chi connectivity index (χ1n) is 6.98. The number of nitrogens with one attached hydrogen (secondary N) is 1. The second-order valence-electron chi connectivity index (χ2n) is 5.64. The van der Waals surface area contributed by atoms with Gasteiger partial charge in [0.25, 0.3) is 5.91 Å². The number of anilines is 1. The largest absolute Gasteiger partial charge is 0.469 e. The summed E-state index contributed by atoms with van der Waals surface area (Å²) < 4.78 is 4.71. The standard InChI is InChI=1S/C15H21N3O3/c1-18(2)12-9-11(5-8-16-12)14(20)17-15(6-4-7-15)10-13(19)21-3/h5,8-9H,4,6-7,10H2,1-3H3,(H,17,20). The van der Waals surface area contributed by atoms with Gasteiger partial charge in [-0.25, -0.2) is 4.98 Å². The van der Waals surface area contributed by atoms with Crippen molar-refractivity contribution >= 4 is 17.7 Å². The molecule has 0 saturated heterocycles. The summed E-state index contributed by atoms with van der Waals surface area (Å²) in [5.74, 6) is 0.251. The van der Waals surface area contributed by atoms with Gasteiger partial charge < -0.3 is 15.0 Å². The maximum absolute atomic E-state index is 12.4. The molecule has 1 aliphatic rings. The number of ether oxygens (including phenoxy) is 1. The summed E-state index contributed by atoms with van der Waals surface area (Å²) >= 11 is 0. The Morgan fingerprint density at radius 3 is 2.67 bits per heavy atom. The zero-order valence-corrected chi connectivity index (χ0v) is 12.7. The third-order valence-electron chi connectivity index (χ3n) is 3.87. The number of nitrogens with zero attached hydrogens (tertiary/aromatic N) is 2. The van der Waals surface area contributed by atoms with Crippen LogP contribution in [0.4, 0.5) is 5.82 Å². The lowest BCUT2D eigenvalue weighted by Gasteiger charge is -2.41. The van der Waals surface area contributed by atoms with E-state index in [0.29, 0.717) is 5.56 Å². The van der Waals surface area contributed by atoms with Crippen LogP contribution < -0.4 is 10.2 Å². The van der Waals surface area contributed by atoms with Crippen molar-refractivity contribution in [1.29, 1.82) is 0 Å². The molecule has 1 fully saturated rings. The number of rotatable bonds is 5. The molecular formula is C15H21N3O3. The maximum atomic E-state index is 12.4. The Bertz CT molecular complexity index is 539. The van der Waals surface area contributed by atoms with Gasteiger partial charge in [0.2, 0.25) is 0 Å². The Morgan fingerprint density at radius 1 is 1.43 bits per heavy atom. The van der Waals surface area contributed by atoms with Crippen molar-refractivity contribution in [2.24, 2.45) is 0 Å². The highest BCUT2D eigenvalue weighted by molar-refractivity contribution is 5.95. The maximum Gasteiger partial charge on any atom is 0.307 e. The van der Waals surface area contributed by atoms with Crippen molar-refractivity contribution in [3.05, 3.63) is 23.9 Å². The number of amides is 1. The van der Waals surface area contributed by atoms with Crippen molar-refractivity contribution in [3.8, 4) is 0 Å². The Morgan fingerprint density at radius 2 is 2.14 bits per heavy atom. The minimum Gasteiger partial charge on any atom is -0.469 e. The Balaban J connectivity index is 2.09. The molecule has 0 aromatic carbocycles. The number of esters is 1. The van der Waals surface area contributed by atoms with E-state index in [4.69, 9.17) is 4.74 Å². The molecule has 0 spiro atoms. The third-order valence-corrected chi connectivity index (χ3v) is 3.87. The van der Waals surface area contributed by atoms with Crippen LogP contribution in [0.5, 0.6) is 0 Å². The Hall–Kier alpha value is -2.11. The second-order valence-corrected chi connectivity index (χ2v) is 5.64. The van der Waals surface area contributed by atoms with Gasteiger partial charge in [0.15, 0.2) is 0 Å². The lowest BCUT2D eigenvalue weighted by atomic mass is 9.74. The average molecular weight is 291 g/mol. The van der Waals surface area contributed by atoms with Gasteiger partial charge in [-0.1, -0.05) is 0 Å². The molecule has 1 aromatic heterocycles. The molecule has 114 valence electrons. The van der Waals surface area contributed by atoms with Crippen LogP contribution in [0.1, 0.15) is 36.0 Å². The summed E-state index contributed by atoms with van der Waals surface area (Å²) in [6.45, 7) is 0. The van der Waals surface area contributed by atoms with Crippen LogP contribution in [0.2, 0.25) is 0 Å². The van der Waals surface area contributed by atoms with E-state index in [2.05, 4.69) is 10.3 Å². The second kappa shape index (κ2) is 6.11. The molecule has 1 aromatic rings. The minimum absolute atomic E-state index is 0.177. The van der Waals surface area contributed by atoms with Crippen LogP contribution in [0.3, 0.4) is 0 Å². The molecular weight excluding hydrogens is 270 g/mol. The lowest BCUT2D eigenvalue weighted by Crippen LogP contribution is -2.54.